The Morgan fingerprint density at radius 3 is 2.79 bits per heavy atom. The van der Waals surface area contributed by atoms with Crippen LogP contribution in [0.3, 0.4) is 0 Å². The summed E-state index contributed by atoms with van der Waals surface area (Å²) in [5, 5.41) is 22.8. The fourth-order valence-corrected chi connectivity index (χ4v) is 3.66. The van der Waals surface area contributed by atoms with E-state index in [-0.39, 0.29) is 5.97 Å². The van der Waals surface area contributed by atoms with Crippen LogP contribution in [0.4, 0.5) is 0 Å². The van der Waals surface area contributed by atoms with E-state index < -0.39 is 18.3 Å². The molecular formula is C23H29NO4. The summed E-state index contributed by atoms with van der Waals surface area (Å²) in [5.41, 5.74) is 1.56. The van der Waals surface area contributed by atoms with E-state index in [0.717, 1.165) is 42.0 Å². The third-order valence-electron chi connectivity index (χ3n) is 5.26. The molecule has 1 saturated heterocycles. The molecule has 1 aliphatic heterocycles. The first-order valence-electron chi connectivity index (χ1n) is 10.2. The lowest BCUT2D eigenvalue weighted by Gasteiger charge is -2.24. The van der Waals surface area contributed by atoms with E-state index in [2.05, 4.69) is 11.9 Å². The number of nitrogens with zero attached hydrogens (tertiary/aromatic N) is 1. The van der Waals surface area contributed by atoms with Crippen molar-refractivity contribution in [1.82, 2.24) is 4.98 Å². The minimum Gasteiger partial charge on any atom is -0.459 e. The zero-order valence-electron chi connectivity index (χ0n) is 16.4. The summed E-state index contributed by atoms with van der Waals surface area (Å²) < 4.78 is 5.23. The number of ether oxygens (including phenoxy) is 1. The van der Waals surface area contributed by atoms with Crippen LogP contribution in [0.1, 0.15) is 69.2 Å². The number of carbonyl (C=O) groups excluding carboxylic acids is 1. The maximum Gasteiger partial charge on any atom is 0.306 e. The number of cyclic esters (lactones) is 1. The standard InChI is InChI=1S/C23H29NO4/c1-2-3-4-10-20(26)23-18-9-6-5-8-17(18)16(15-24-23)13-14-19(25)21-11-7-12-22(27)28-21/h5-6,8-9,13-15,19-21,25-26H,2-4,7,10-12H2,1H3/b14-13+/t19-,20?,21+/m1/s1. The molecule has 1 fully saturated rings. The average Bonchev–Trinajstić information content (AvgIpc) is 2.71. The van der Waals surface area contributed by atoms with Crippen LogP contribution < -0.4 is 0 Å². The lowest BCUT2D eigenvalue weighted by molar-refractivity contribution is -0.158. The fourth-order valence-electron chi connectivity index (χ4n) is 3.66. The molecule has 2 N–H and O–H groups in total. The highest BCUT2D eigenvalue weighted by Crippen LogP contribution is 2.29. The van der Waals surface area contributed by atoms with Crippen molar-refractivity contribution in [3.63, 3.8) is 0 Å². The van der Waals surface area contributed by atoms with Crippen molar-refractivity contribution in [1.29, 1.82) is 0 Å². The van der Waals surface area contributed by atoms with E-state index in [1.807, 2.05) is 30.3 Å². The average molecular weight is 383 g/mol. The number of fused-ring (bicyclic) bond motifs is 1. The second-order valence-electron chi connectivity index (χ2n) is 7.43. The molecule has 2 aromatic rings. The molecule has 1 unspecified atom stereocenters. The number of unbranched alkanes of at least 4 members (excludes halogenated alkanes) is 2. The van der Waals surface area contributed by atoms with Gasteiger partial charge in [0.25, 0.3) is 0 Å². The Morgan fingerprint density at radius 2 is 2.04 bits per heavy atom. The van der Waals surface area contributed by atoms with Gasteiger partial charge in [-0.15, -0.1) is 0 Å². The topological polar surface area (TPSA) is 79.7 Å². The van der Waals surface area contributed by atoms with Crippen LogP contribution in [0.2, 0.25) is 0 Å². The highest BCUT2D eigenvalue weighted by molar-refractivity contribution is 5.92. The second-order valence-corrected chi connectivity index (χ2v) is 7.43. The molecule has 2 heterocycles. The monoisotopic (exact) mass is 383 g/mol. The van der Waals surface area contributed by atoms with Crippen molar-refractivity contribution in [2.45, 2.75) is 70.2 Å². The minimum absolute atomic E-state index is 0.253. The number of hydrogen-bond acceptors (Lipinski definition) is 5. The number of hydrogen-bond donors (Lipinski definition) is 2. The Hall–Kier alpha value is -2.24. The SMILES string of the molecule is CCCCCC(O)c1ncc(/C=C/[C@@H](O)[C@@H]2CCCC(=O)O2)c2ccccc12. The molecule has 3 atom stereocenters. The molecule has 150 valence electrons. The molecule has 0 spiro atoms. The van der Waals surface area contributed by atoms with E-state index in [1.165, 1.54) is 0 Å². The fraction of sp³-hybridized carbons (Fsp3) is 0.478. The van der Waals surface area contributed by atoms with Gasteiger partial charge in [-0.3, -0.25) is 9.78 Å². The zero-order valence-corrected chi connectivity index (χ0v) is 16.4. The Balaban J connectivity index is 1.80. The zero-order chi connectivity index (χ0) is 19.9. The molecule has 1 aliphatic rings. The maximum absolute atomic E-state index is 11.4. The molecular weight excluding hydrogens is 354 g/mol. The predicted molar refractivity (Wildman–Crippen MR) is 110 cm³/mol. The highest BCUT2D eigenvalue weighted by Gasteiger charge is 2.25. The maximum atomic E-state index is 11.4. The van der Waals surface area contributed by atoms with Crippen molar-refractivity contribution in [2.75, 3.05) is 0 Å². The summed E-state index contributed by atoms with van der Waals surface area (Å²) >= 11 is 0. The summed E-state index contributed by atoms with van der Waals surface area (Å²) in [4.78, 5) is 16.0. The molecule has 5 nitrogen and oxygen atoms in total. The number of benzene rings is 1. The Labute approximate surface area is 166 Å². The molecule has 28 heavy (non-hydrogen) atoms. The molecule has 1 aromatic carbocycles. The normalized spacial score (nSPS) is 19.7. The number of carbonyl (C=O) groups is 1. The van der Waals surface area contributed by atoms with Crippen molar-refractivity contribution in [2.24, 2.45) is 0 Å². The van der Waals surface area contributed by atoms with Gasteiger partial charge in [-0.1, -0.05) is 62.6 Å². The smallest absolute Gasteiger partial charge is 0.306 e. The Kier molecular flexibility index (Phi) is 7.18. The van der Waals surface area contributed by atoms with Crippen LogP contribution in [0, 0.1) is 0 Å². The first-order valence-corrected chi connectivity index (χ1v) is 10.2. The van der Waals surface area contributed by atoms with Gasteiger partial charge in [-0.2, -0.15) is 0 Å². The first kappa shape index (κ1) is 20.5. The molecule has 0 amide bonds. The Bertz CT molecular complexity index is 832. The van der Waals surface area contributed by atoms with E-state index >= 15 is 0 Å². The van der Waals surface area contributed by atoms with Crippen LogP contribution in [-0.2, 0) is 9.53 Å². The van der Waals surface area contributed by atoms with Crippen molar-refractivity contribution in [3.8, 4) is 0 Å². The van der Waals surface area contributed by atoms with Crippen molar-refractivity contribution < 1.29 is 19.7 Å². The molecule has 0 aliphatic carbocycles. The summed E-state index contributed by atoms with van der Waals surface area (Å²) in [6, 6.07) is 7.85. The van der Waals surface area contributed by atoms with E-state index in [1.54, 1.807) is 12.3 Å². The minimum atomic E-state index is -0.845. The third kappa shape index (κ3) is 4.97. The molecule has 0 radical (unpaired) electrons. The summed E-state index contributed by atoms with van der Waals surface area (Å²) in [7, 11) is 0. The van der Waals surface area contributed by atoms with Gasteiger partial charge in [0.2, 0.25) is 0 Å². The summed E-state index contributed by atoms with van der Waals surface area (Å²) in [6.45, 7) is 2.14. The molecule has 3 rings (SSSR count). The second kappa shape index (κ2) is 9.80. The van der Waals surface area contributed by atoms with Crippen LogP contribution in [0.25, 0.3) is 16.8 Å². The highest BCUT2D eigenvalue weighted by atomic mass is 16.6. The van der Waals surface area contributed by atoms with Crippen molar-refractivity contribution in [3.05, 3.63) is 47.8 Å². The van der Waals surface area contributed by atoms with Gasteiger partial charge >= 0.3 is 5.97 Å². The van der Waals surface area contributed by atoms with Gasteiger partial charge < -0.3 is 14.9 Å². The summed E-state index contributed by atoms with van der Waals surface area (Å²) in [6.07, 6.45) is 9.00. The van der Waals surface area contributed by atoms with E-state index in [9.17, 15) is 15.0 Å². The Morgan fingerprint density at radius 1 is 1.25 bits per heavy atom. The van der Waals surface area contributed by atoms with Crippen LogP contribution in [0.5, 0.6) is 0 Å². The number of pyridine rings is 1. The number of aliphatic hydroxyl groups is 2. The summed E-state index contributed by atoms with van der Waals surface area (Å²) in [5.74, 6) is -0.253. The van der Waals surface area contributed by atoms with E-state index in [0.29, 0.717) is 25.0 Å². The van der Waals surface area contributed by atoms with Crippen LogP contribution in [0.15, 0.2) is 36.5 Å². The van der Waals surface area contributed by atoms with Crippen LogP contribution >= 0.6 is 0 Å². The molecule has 1 aromatic heterocycles. The van der Waals surface area contributed by atoms with Gasteiger partial charge in [0.1, 0.15) is 12.2 Å². The largest absolute Gasteiger partial charge is 0.459 e. The number of rotatable bonds is 8. The van der Waals surface area contributed by atoms with Gasteiger partial charge in [0.05, 0.1) is 11.8 Å². The van der Waals surface area contributed by atoms with Gasteiger partial charge in [-0.05, 0) is 24.6 Å². The number of aliphatic hydroxyl groups excluding tert-OH is 2. The third-order valence-corrected chi connectivity index (χ3v) is 5.26. The molecule has 0 bridgehead atoms. The molecule has 0 saturated carbocycles. The quantitative estimate of drug-likeness (QED) is 0.524. The van der Waals surface area contributed by atoms with Gasteiger partial charge in [-0.25, -0.2) is 0 Å². The lowest BCUT2D eigenvalue weighted by Crippen LogP contribution is -2.33. The van der Waals surface area contributed by atoms with Crippen molar-refractivity contribution >= 4 is 22.8 Å². The number of aromatic nitrogens is 1. The van der Waals surface area contributed by atoms with Gasteiger partial charge in [0, 0.05) is 23.6 Å². The lowest BCUT2D eigenvalue weighted by atomic mass is 9.98. The first-order chi connectivity index (χ1) is 13.6. The van der Waals surface area contributed by atoms with E-state index in [4.69, 9.17) is 4.74 Å². The van der Waals surface area contributed by atoms with Crippen LogP contribution in [-0.4, -0.2) is 33.4 Å². The van der Waals surface area contributed by atoms with Gasteiger partial charge in [0.15, 0.2) is 0 Å². The number of esters is 1. The predicted octanol–water partition coefficient (Wildman–Crippen LogP) is 4.32. The molecule has 5 heteroatoms.